The Morgan fingerprint density at radius 1 is 1.50 bits per heavy atom. The number of aliphatic imine (C=N–C) groups is 1. The van der Waals surface area contributed by atoms with Crippen molar-refractivity contribution in [3.8, 4) is 0 Å². The minimum Gasteiger partial charge on any atom is -0.359 e. The van der Waals surface area contributed by atoms with Crippen molar-refractivity contribution in [2.24, 2.45) is 12.0 Å². The molecule has 1 aliphatic heterocycles. The predicted octanol–water partition coefficient (Wildman–Crippen LogP) is 1.97. The molecule has 3 rings (SSSR count). The van der Waals surface area contributed by atoms with Crippen LogP contribution in [0.4, 0.5) is 0 Å². The van der Waals surface area contributed by atoms with Crippen molar-refractivity contribution in [1.29, 1.82) is 0 Å². The van der Waals surface area contributed by atoms with E-state index in [9.17, 15) is 0 Å². The van der Waals surface area contributed by atoms with Gasteiger partial charge in [-0.25, -0.2) is 0 Å². The molecule has 4 nitrogen and oxygen atoms in total. The molecule has 1 saturated heterocycles. The molecule has 1 saturated carbocycles. The van der Waals surface area contributed by atoms with Gasteiger partial charge in [-0.05, 0) is 24.8 Å². The van der Waals surface area contributed by atoms with Crippen molar-refractivity contribution < 1.29 is 0 Å². The van der Waals surface area contributed by atoms with E-state index in [0.717, 1.165) is 18.1 Å². The van der Waals surface area contributed by atoms with Gasteiger partial charge in [-0.1, -0.05) is 24.6 Å². The van der Waals surface area contributed by atoms with Gasteiger partial charge in [-0.2, -0.15) is 5.10 Å². The lowest BCUT2D eigenvalue weighted by atomic mass is 10.0. The number of rotatable bonds is 3. The fraction of sp³-hybridized carbons (Fsp3) is 0.692. The fourth-order valence-electron chi connectivity index (χ4n) is 2.80. The van der Waals surface area contributed by atoms with Gasteiger partial charge in [0.2, 0.25) is 0 Å². The van der Waals surface area contributed by atoms with E-state index >= 15 is 0 Å². The zero-order chi connectivity index (χ0) is 12.4. The van der Waals surface area contributed by atoms with Crippen LogP contribution in [0.3, 0.4) is 0 Å². The summed E-state index contributed by atoms with van der Waals surface area (Å²) in [6, 6.07) is 0. The Morgan fingerprint density at radius 3 is 3.06 bits per heavy atom. The van der Waals surface area contributed by atoms with Gasteiger partial charge in [0.1, 0.15) is 0 Å². The fourth-order valence-corrected chi connectivity index (χ4v) is 4.04. The molecular formula is C13H20N4S. The quantitative estimate of drug-likeness (QED) is 0.907. The molecule has 1 spiro atoms. The van der Waals surface area contributed by atoms with Crippen LogP contribution in [0.5, 0.6) is 0 Å². The number of nitrogens with one attached hydrogen (secondary N) is 1. The van der Waals surface area contributed by atoms with Crippen LogP contribution in [-0.4, -0.2) is 32.8 Å². The second kappa shape index (κ2) is 4.96. The molecule has 0 radical (unpaired) electrons. The van der Waals surface area contributed by atoms with Crippen LogP contribution in [-0.2, 0) is 13.5 Å². The second-order valence-electron chi connectivity index (χ2n) is 5.36. The van der Waals surface area contributed by atoms with E-state index in [1.165, 1.54) is 37.0 Å². The van der Waals surface area contributed by atoms with Crippen LogP contribution in [0.2, 0.25) is 0 Å². The molecule has 1 aromatic heterocycles. The SMILES string of the molecule is Cn1cc(CCN=C2NC3(CCCC3)CS2)cn1. The van der Waals surface area contributed by atoms with E-state index in [1.807, 2.05) is 29.7 Å². The first kappa shape index (κ1) is 12.1. The average Bonchev–Trinajstić information content (AvgIpc) is 3.05. The molecule has 0 aromatic carbocycles. The lowest BCUT2D eigenvalue weighted by molar-refractivity contribution is 0.452. The topological polar surface area (TPSA) is 42.2 Å². The summed E-state index contributed by atoms with van der Waals surface area (Å²) in [5.74, 6) is 1.21. The molecule has 0 unspecified atom stereocenters. The van der Waals surface area contributed by atoms with Crippen molar-refractivity contribution in [3.05, 3.63) is 18.0 Å². The summed E-state index contributed by atoms with van der Waals surface area (Å²) in [6.07, 6.45) is 10.4. The van der Waals surface area contributed by atoms with Crippen molar-refractivity contribution in [2.75, 3.05) is 12.3 Å². The number of amidine groups is 1. The number of hydrogen-bond acceptors (Lipinski definition) is 3. The van der Waals surface area contributed by atoms with E-state index in [-0.39, 0.29) is 0 Å². The summed E-state index contributed by atoms with van der Waals surface area (Å²) in [6.45, 7) is 0.858. The van der Waals surface area contributed by atoms with Crippen LogP contribution in [0.1, 0.15) is 31.2 Å². The van der Waals surface area contributed by atoms with Gasteiger partial charge in [-0.15, -0.1) is 0 Å². The Bertz CT molecular complexity index is 446. The van der Waals surface area contributed by atoms with Crippen LogP contribution < -0.4 is 5.32 Å². The number of aromatic nitrogens is 2. The minimum atomic E-state index is 0.387. The highest BCUT2D eigenvalue weighted by atomic mass is 32.2. The molecule has 18 heavy (non-hydrogen) atoms. The first-order valence-electron chi connectivity index (χ1n) is 6.69. The molecule has 0 atom stereocenters. The van der Waals surface area contributed by atoms with Gasteiger partial charge in [0.15, 0.2) is 5.17 Å². The van der Waals surface area contributed by atoms with Gasteiger partial charge in [0, 0.05) is 31.1 Å². The maximum Gasteiger partial charge on any atom is 0.157 e. The third kappa shape index (κ3) is 2.55. The van der Waals surface area contributed by atoms with E-state index in [1.54, 1.807) is 0 Å². The zero-order valence-corrected chi connectivity index (χ0v) is 11.7. The smallest absolute Gasteiger partial charge is 0.157 e. The van der Waals surface area contributed by atoms with E-state index in [4.69, 9.17) is 0 Å². The third-order valence-electron chi connectivity index (χ3n) is 3.83. The normalized spacial score (nSPS) is 23.9. The zero-order valence-electron chi connectivity index (χ0n) is 10.9. The summed E-state index contributed by atoms with van der Waals surface area (Å²) in [5, 5.41) is 8.98. The monoisotopic (exact) mass is 264 g/mol. The molecule has 1 aliphatic carbocycles. The summed E-state index contributed by atoms with van der Waals surface area (Å²) >= 11 is 1.90. The van der Waals surface area contributed by atoms with E-state index < -0.39 is 0 Å². The Morgan fingerprint density at radius 2 is 2.33 bits per heavy atom. The van der Waals surface area contributed by atoms with E-state index in [2.05, 4.69) is 21.6 Å². The molecule has 0 bridgehead atoms. The van der Waals surface area contributed by atoms with Gasteiger partial charge >= 0.3 is 0 Å². The Kier molecular flexibility index (Phi) is 3.33. The highest BCUT2D eigenvalue weighted by molar-refractivity contribution is 8.14. The van der Waals surface area contributed by atoms with Crippen LogP contribution in [0.15, 0.2) is 17.4 Å². The van der Waals surface area contributed by atoms with Crippen LogP contribution in [0, 0.1) is 0 Å². The van der Waals surface area contributed by atoms with Crippen molar-refractivity contribution in [2.45, 2.75) is 37.6 Å². The van der Waals surface area contributed by atoms with Crippen molar-refractivity contribution in [3.63, 3.8) is 0 Å². The summed E-state index contributed by atoms with van der Waals surface area (Å²) in [4.78, 5) is 4.68. The van der Waals surface area contributed by atoms with Gasteiger partial charge in [0.05, 0.1) is 6.20 Å². The Hall–Kier alpha value is -0.970. The lowest BCUT2D eigenvalue weighted by Gasteiger charge is -2.21. The number of nitrogens with zero attached hydrogens (tertiary/aromatic N) is 3. The summed E-state index contributed by atoms with van der Waals surface area (Å²) in [7, 11) is 1.95. The Balaban J connectivity index is 1.52. The van der Waals surface area contributed by atoms with Crippen LogP contribution in [0.25, 0.3) is 0 Å². The van der Waals surface area contributed by atoms with Crippen molar-refractivity contribution in [1.82, 2.24) is 15.1 Å². The maximum atomic E-state index is 4.68. The lowest BCUT2D eigenvalue weighted by Crippen LogP contribution is -2.40. The number of hydrogen-bond donors (Lipinski definition) is 1. The molecule has 2 aliphatic rings. The van der Waals surface area contributed by atoms with Gasteiger partial charge in [0.25, 0.3) is 0 Å². The minimum absolute atomic E-state index is 0.387. The second-order valence-corrected chi connectivity index (χ2v) is 6.32. The first-order chi connectivity index (χ1) is 8.76. The largest absolute Gasteiger partial charge is 0.359 e. The maximum absolute atomic E-state index is 4.68. The summed E-state index contributed by atoms with van der Waals surface area (Å²) in [5.41, 5.74) is 1.65. The standard InChI is InChI=1S/C13H20N4S/c1-17-9-11(8-15-17)4-7-14-12-16-13(10-18-12)5-2-3-6-13/h8-9H,2-7,10H2,1H3,(H,14,16). The summed E-state index contributed by atoms with van der Waals surface area (Å²) < 4.78 is 1.85. The highest BCUT2D eigenvalue weighted by Gasteiger charge is 2.39. The first-order valence-corrected chi connectivity index (χ1v) is 7.67. The third-order valence-corrected chi connectivity index (χ3v) is 5.03. The molecule has 5 heteroatoms. The number of aryl methyl sites for hydroxylation is 1. The van der Waals surface area contributed by atoms with Crippen molar-refractivity contribution >= 4 is 16.9 Å². The highest BCUT2D eigenvalue weighted by Crippen LogP contribution is 2.37. The van der Waals surface area contributed by atoms with Gasteiger partial charge < -0.3 is 5.32 Å². The predicted molar refractivity (Wildman–Crippen MR) is 76.0 cm³/mol. The molecule has 98 valence electrons. The number of thioether (sulfide) groups is 1. The molecular weight excluding hydrogens is 244 g/mol. The molecule has 1 aromatic rings. The Labute approximate surface area is 112 Å². The van der Waals surface area contributed by atoms with E-state index in [0.29, 0.717) is 5.54 Å². The van der Waals surface area contributed by atoms with Crippen LogP contribution >= 0.6 is 11.8 Å². The molecule has 2 heterocycles. The average molecular weight is 264 g/mol. The molecule has 1 N–H and O–H groups in total. The van der Waals surface area contributed by atoms with Gasteiger partial charge in [-0.3, -0.25) is 9.67 Å². The molecule has 2 fully saturated rings. The molecule has 0 amide bonds.